The van der Waals surface area contributed by atoms with Crippen LogP contribution in [0.1, 0.15) is 33.6 Å². The molecule has 1 aromatic rings. The largest absolute Gasteiger partial charge is 0.563 e. The second-order valence-corrected chi connectivity index (χ2v) is 7.99. The van der Waals surface area contributed by atoms with Crippen molar-refractivity contribution >= 4 is 12.6 Å². The summed E-state index contributed by atoms with van der Waals surface area (Å²) in [5.74, 6) is 1.47. The van der Waals surface area contributed by atoms with Crippen LogP contribution >= 0.6 is 0 Å². The molecule has 26 heavy (non-hydrogen) atoms. The summed E-state index contributed by atoms with van der Waals surface area (Å²) >= 11 is 0. The molecule has 1 aromatic carbocycles. The Balaban J connectivity index is 1.36. The molecule has 0 radical (unpaired) electrons. The van der Waals surface area contributed by atoms with E-state index in [1.165, 1.54) is 0 Å². The van der Waals surface area contributed by atoms with Crippen molar-refractivity contribution in [2.45, 2.75) is 39.2 Å². The molecule has 6 heteroatoms. The standard InChI is InChI=1S/C20H29BO5/c1-16-19(2,3)26-21(25-16)17-8-7-9-18(12-17)24-11-6-5-10-22-13-20(4)14-23-15-20/h7-9,12H,1,5-6,10-11,13-15H2,2-4H3. The first kappa shape index (κ1) is 19.3. The fourth-order valence-corrected chi connectivity index (χ4v) is 2.86. The molecular formula is C20H29BO5. The smallest absolute Gasteiger partial charge is 0.534 e. The molecular weight excluding hydrogens is 331 g/mol. The molecule has 2 aliphatic rings. The highest BCUT2D eigenvalue weighted by molar-refractivity contribution is 6.62. The average Bonchev–Trinajstić information content (AvgIpc) is 2.86. The van der Waals surface area contributed by atoms with E-state index in [0.717, 1.165) is 50.5 Å². The Morgan fingerprint density at radius 3 is 2.58 bits per heavy atom. The van der Waals surface area contributed by atoms with Crippen molar-refractivity contribution in [3.8, 4) is 5.75 Å². The molecule has 2 saturated heterocycles. The number of ether oxygens (including phenoxy) is 3. The molecule has 0 unspecified atom stereocenters. The minimum absolute atomic E-state index is 0.223. The van der Waals surface area contributed by atoms with Crippen molar-refractivity contribution < 1.29 is 23.5 Å². The van der Waals surface area contributed by atoms with Gasteiger partial charge in [-0.25, -0.2) is 0 Å². The Morgan fingerprint density at radius 2 is 1.92 bits per heavy atom. The van der Waals surface area contributed by atoms with E-state index in [2.05, 4.69) is 13.5 Å². The van der Waals surface area contributed by atoms with Crippen LogP contribution in [0, 0.1) is 5.41 Å². The molecule has 0 aliphatic carbocycles. The Morgan fingerprint density at radius 1 is 1.15 bits per heavy atom. The minimum atomic E-state index is -0.468. The van der Waals surface area contributed by atoms with Crippen molar-refractivity contribution in [3.05, 3.63) is 36.6 Å². The van der Waals surface area contributed by atoms with Crippen LogP contribution in [0.4, 0.5) is 0 Å². The summed E-state index contributed by atoms with van der Waals surface area (Å²) in [5.41, 5.74) is 0.694. The van der Waals surface area contributed by atoms with Gasteiger partial charge in [-0.1, -0.05) is 25.6 Å². The molecule has 3 rings (SSSR count). The fourth-order valence-electron chi connectivity index (χ4n) is 2.86. The predicted octanol–water partition coefficient (Wildman–Crippen LogP) is 2.93. The second-order valence-electron chi connectivity index (χ2n) is 7.99. The molecule has 5 nitrogen and oxygen atoms in total. The number of unbranched alkanes of at least 4 members (excludes halogenated alkanes) is 1. The van der Waals surface area contributed by atoms with Gasteiger partial charge in [0.05, 0.1) is 32.2 Å². The summed E-state index contributed by atoms with van der Waals surface area (Å²) in [6.45, 7) is 13.8. The average molecular weight is 360 g/mol. The van der Waals surface area contributed by atoms with Gasteiger partial charge in [-0.15, -0.1) is 0 Å². The molecule has 0 bridgehead atoms. The number of hydrogen-bond donors (Lipinski definition) is 0. The molecule has 0 spiro atoms. The van der Waals surface area contributed by atoms with Gasteiger partial charge in [-0.2, -0.15) is 0 Å². The molecule has 0 amide bonds. The first-order valence-corrected chi connectivity index (χ1v) is 9.30. The number of rotatable bonds is 9. The van der Waals surface area contributed by atoms with Crippen LogP contribution in [0.5, 0.6) is 5.75 Å². The maximum absolute atomic E-state index is 5.91. The quantitative estimate of drug-likeness (QED) is 0.501. The van der Waals surface area contributed by atoms with Crippen LogP contribution in [0.15, 0.2) is 36.6 Å². The van der Waals surface area contributed by atoms with Crippen molar-refractivity contribution in [1.29, 1.82) is 0 Å². The van der Waals surface area contributed by atoms with E-state index < -0.39 is 12.7 Å². The normalized spacial score (nSPS) is 20.6. The summed E-state index contributed by atoms with van der Waals surface area (Å²) in [7, 11) is -0.425. The van der Waals surface area contributed by atoms with Crippen LogP contribution in [0.2, 0.25) is 0 Å². The zero-order valence-electron chi connectivity index (χ0n) is 16.1. The van der Waals surface area contributed by atoms with E-state index >= 15 is 0 Å². The van der Waals surface area contributed by atoms with Crippen molar-refractivity contribution in [1.82, 2.24) is 0 Å². The minimum Gasteiger partial charge on any atom is -0.534 e. The molecule has 0 saturated carbocycles. The van der Waals surface area contributed by atoms with Gasteiger partial charge in [0.15, 0.2) is 0 Å². The van der Waals surface area contributed by atoms with Gasteiger partial charge >= 0.3 is 7.12 Å². The zero-order chi connectivity index (χ0) is 18.6. The van der Waals surface area contributed by atoms with Crippen molar-refractivity contribution in [2.75, 3.05) is 33.0 Å². The molecule has 0 atom stereocenters. The van der Waals surface area contributed by atoms with Crippen LogP contribution in [0.3, 0.4) is 0 Å². The monoisotopic (exact) mass is 360 g/mol. The van der Waals surface area contributed by atoms with Crippen LogP contribution in [0.25, 0.3) is 0 Å². The molecule has 0 N–H and O–H groups in total. The summed E-state index contributed by atoms with van der Waals surface area (Å²) < 4.78 is 28.5. The lowest BCUT2D eigenvalue weighted by Gasteiger charge is -2.37. The summed E-state index contributed by atoms with van der Waals surface area (Å²) in [5, 5.41) is 0. The van der Waals surface area contributed by atoms with E-state index in [1.807, 2.05) is 38.1 Å². The van der Waals surface area contributed by atoms with E-state index in [1.54, 1.807) is 0 Å². The number of benzene rings is 1. The van der Waals surface area contributed by atoms with E-state index in [-0.39, 0.29) is 5.41 Å². The van der Waals surface area contributed by atoms with Crippen LogP contribution in [-0.2, 0) is 18.8 Å². The highest BCUT2D eigenvalue weighted by Gasteiger charge is 2.42. The number of hydrogen-bond acceptors (Lipinski definition) is 5. The highest BCUT2D eigenvalue weighted by atomic mass is 16.7. The third-order valence-corrected chi connectivity index (χ3v) is 4.76. The zero-order valence-corrected chi connectivity index (χ0v) is 16.1. The van der Waals surface area contributed by atoms with Gasteiger partial charge in [-0.05, 0) is 38.8 Å². The Hall–Kier alpha value is -1.50. The SMILES string of the molecule is C=C1OB(c2cccc(OCCCCOCC3(C)COC3)c2)OC1(C)C. The lowest BCUT2D eigenvalue weighted by molar-refractivity contribution is -0.138. The van der Waals surface area contributed by atoms with Crippen LogP contribution < -0.4 is 10.2 Å². The van der Waals surface area contributed by atoms with Gasteiger partial charge in [0.2, 0.25) is 0 Å². The van der Waals surface area contributed by atoms with Gasteiger partial charge < -0.3 is 23.5 Å². The van der Waals surface area contributed by atoms with Gasteiger partial charge in [0, 0.05) is 17.5 Å². The van der Waals surface area contributed by atoms with Crippen molar-refractivity contribution in [2.24, 2.45) is 5.41 Å². The summed E-state index contributed by atoms with van der Waals surface area (Å²) in [4.78, 5) is 0. The maximum atomic E-state index is 5.91. The Kier molecular flexibility index (Phi) is 5.95. The molecule has 2 fully saturated rings. The summed E-state index contributed by atoms with van der Waals surface area (Å²) in [6, 6.07) is 7.85. The fraction of sp³-hybridized carbons (Fsp3) is 0.600. The molecule has 142 valence electrons. The molecule has 2 heterocycles. The topological polar surface area (TPSA) is 46.2 Å². The third kappa shape index (κ3) is 4.81. The third-order valence-electron chi connectivity index (χ3n) is 4.76. The maximum Gasteiger partial charge on any atom is 0.563 e. The Labute approximate surface area is 156 Å². The highest BCUT2D eigenvalue weighted by Crippen LogP contribution is 2.29. The lowest BCUT2D eigenvalue weighted by Crippen LogP contribution is -2.43. The Bertz CT molecular complexity index is 626. The first-order valence-electron chi connectivity index (χ1n) is 9.30. The van der Waals surface area contributed by atoms with Gasteiger partial charge in [0.1, 0.15) is 11.4 Å². The van der Waals surface area contributed by atoms with E-state index in [0.29, 0.717) is 12.4 Å². The van der Waals surface area contributed by atoms with E-state index in [4.69, 9.17) is 23.5 Å². The van der Waals surface area contributed by atoms with Crippen molar-refractivity contribution in [3.63, 3.8) is 0 Å². The first-order chi connectivity index (χ1) is 12.4. The lowest BCUT2D eigenvalue weighted by atomic mass is 9.79. The van der Waals surface area contributed by atoms with Gasteiger partial charge in [0.25, 0.3) is 0 Å². The predicted molar refractivity (Wildman–Crippen MR) is 102 cm³/mol. The van der Waals surface area contributed by atoms with Gasteiger partial charge in [-0.3, -0.25) is 0 Å². The molecule has 0 aromatic heterocycles. The van der Waals surface area contributed by atoms with Crippen LogP contribution in [-0.4, -0.2) is 45.8 Å². The summed E-state index contributed by atoms with van der Waals surface area (Å²) in [6.07, 6.45) is 1.94. The second kappa shape index (κ2) is 8.03. The van der Waals surface area contributed by atoms with E-state index in [9.17, 15) is 0 Å². The molecule has 2 aliphatic heterocycles.